The SMILES string of the molecule is CCCCn1nc(C(=O)NCc2ccc(CN3CC(C)OC(C)C3)cc2)ccc1=O. The van der Waals surface area contributed by atoms with E-state index in [-0.39, 0.29) is 29.4 Å². The van der Waals surface area contributed by atoms with Gasteiger partial charge in [-0.15, -0.1) is 0 Å². The molecule has 1 N–H and O–H groups in total. The summed E-state index contributed by atoms with van der Waals surface area (Å²) in [6.45, 7) is 9.99. The van der Waals surface area contributed by atoms with Gasteiger partial charge in [-0.05, 0) is 37.5 Å². The van der Waals surface area contributed by atoms with Crippen molar-refractivity contribution in [2.75, 3.05) is 13.1 Å². The van der Waals surface area contributed by atoms with Crippen molar-refractivity contribution in [2.45, 2.75) is 65.5 Å². The lowest BCUT2D eigenvalue weighted by atomic mass is 10.1. The standard InChI is InChI=1S/C23H32N4O3/c1-4-5-12-27-22(28)11-10-21(25-27)23(29)24-13-19-6-8-20(9-7-19)16-26-14-17(2)30-18(3)15-26/h6-11,17-18H,4-5,12-16H2,1-3H3,(H,24,29). The molecule has 1 saturated heterocycles. The van der Waals surface area contributed by atoms with E-state index in [0.29, 0.717) is 13.1 Å². The van der Waals surface area contributed by atoms with Crippen LogP contribution < -0.4 is 10.9 Å². The average Bonchev–Trinajstić information content (AvgIpc) is 2.71. The summed E-state index contributed by atoms with van der Waals surface area (Å²) in [5.41, 5.74) is 2.35. The molecule has 30 heavy (non-hydrogen) atoms. The van der Waals surface area contributed by atoms with Crippen LogP contribution in [-0.4, -0.2) is 45.9 Å². The number of morpholine rings is 1. The minimum Gasteiger partial charge on any atom is -0.373 e. The van der Waals surface area contributed by atoms with E-state index in [2.05, 4.69) is 48.2 Å². The van der Waals surface area contributed by atoms with Crippen LogP contribution in [0.25, 0.3) is 0 Å². The first kappa shape index (κ1) is 22.2. The Morgan fingerprint density at radius 2 is 1.77 bits per heavy atom. The quantitative estimate of drug-likeness (QED) is 0.721. The Labute approximate surface area is 178 Å². The highest BCUT2D eigenvalue weighted by atomic mass is 16.5. The van der Waals surface area contributed by atoms with Gasteiger partial charge in [0, 0.05) is 38.8 Å². The molecule has 0 aliphatic carbocycles. The van der Waals surface area contributed by atoms with E-state index in [4.69, 9.17) is 4.74 Å². The van der Waals surface area contributed by atoms with Crippen LogP contribution in [-0.2, 0) is 24.4 Å². The van der Waals surface area contributed by atoms with Gasteiger partial charge in [-0.3, -0.25) is 14.5 Å². The van der Waals surface area contributed by atoms with E-state index in [1.54, 1.807) is 0 Å². The molecule has 0 radical (unpaired) electrons. The zero-order valence-electron chi connectivity index (χ0n) is 18.1. The van der Waals surface area contributed by atoms with Gasteiger partial charge in [0.25, 0.3) is 11.5 Å². The van der Waals surface area contributed by atoms with Crippen molar-refractivity contribution in [3.8, 4) is 0 Å². The maximum atomic E-state index is 12.4. The highest BCUT2D eigenvalue weighted by Gasteiger charge is 2.21. The van der Waals surface area contributed by atoms with Crippen LogP contribution in [0.3, 0.4) is 0 Å². The van der Waals surface area contributed by atoms with Gasteiger partial charge in [0.15, 0.2) is 0 Å². The van der Waals surface area contributed by atoms with Crippen LogP contribution >= 0.6 is 0 Å². The highest BCUT2D eigenvalue weighted by Crippen LogP contribution is 2.14. The molecule has 1 aromatic heterocycles. The summed E-state index contributed by atoms with van der Waals surface area (Å²) in [5, 5.41) is 7.08. The van der Waals surface area contributed by atoms with Gasteiger partial charge >= 0.3 is 0 Å². The predicted octanol–water partition coefficient (Wildman–Crippen LogP) is 2.58. The predicted molar refractivity (Wildman–Crippen MR) is 116 cm³/mol. The lowest BCUT2D eigenvalue weighted by Gasteiger charge is -2.35. The number of benzene rings is 1. The fourth-order valence-electron chi connectivity index (χ4n) is 3.75. The number of aromatic nitrogens is 2. The fraction of sp³-hybridized carbons (Fsp3) is 0.522. The minimum atomic E-state index is -0.277. The molecule has 0 spiro atoms. The molecule has 0 saturated carbocycles. The van der Waals surface area contributed by atoms with E-state index in [1.807, 2.05) is 12.1 Å². The lowest BCUT2D eigenvalue weighted by molar-refractivity contribution is -0.0704. The van der Waals surface area contributed by atoms with E-state index in [1.165, 1.54) is 22.4 Å². The maximum absolute atomic E-state index is 12.4. The Kier molecular flexibility index (Phi) is 7.76. The molecule has 2 atom stereocenters. The van der Waals surface area contributed by atoms with Crippen LogP contribution in [0.2, 0.25) is 0 Å². The average molecular weight is 413 g/mol. The van der Waals surface area contributed by atoms with Crippen molar-refractivity contribution in [2.24, 2.45) is 0 Å². The molecule has 7 nitrogen and oxygen atoms in total. The van der Waals surface area contributed by atoms with Crippen molar-refractivity contribution in [3.63, 3.8) is 0 Å². The monoisotopic (exact) mass is 412 g/mol. The molecule has 1 aromatic carbocycles. The molecule has 2 unspecified atom stereocenters. The van der Waals surface area contributed by atoms with Crippen molar-refractivity contribution in [3.05, 3.63) is 63.6 Å². The van der Waals surface area contributed by atoms with Crippen LogP contribution in [0.5, 0.6) is 0 Å². The molecule has 7 heteroatoms. The summed E-state index contributed by atoms with van der Waals surface area (Å²) in [4.78, 5) is 26.7. The number of unbranched alkanes of at least 4 members (excludes halogenated alkanes) is 1. The normalized spacial score (nSPS) is 19.6. The van der Waals surface area contributed by atoms with Crippen molar-refractivity contribution < 1.29 is 9.53 Å². The number of hydrogen-bond acceptors (Lipinski definition) is 5. The van der Waals surface area contributed by atoms with Gasteiger partial charge in [0.2, 0.25) is 0 Å². The number of hydrogen-bond donors (Lipinski definition) is 1. The van der Waals surface area contributed by atoms with Crippen molar-refractivity contribution >= 4 is 5.91 Å². The second kappa shape index (κ2) is 10.5. The second-order valence-electron chi connectivity index (χ2n) is 8.08. The summed E-state index contributed by atoms with van der Waals surface area (Å²) in [6.07, 6.45) is 2.33. The summed E-state index contributed by atoms with van der Waals surface area (Å²) in [5.74, 6) is -0.277. The van der Waals surface area contributed by atoms with Gasteiger partial charge in [0.05, 0.1) is 12.2 Å². The number of carbonyl (C=O) groups excluding carboxylic acids is 1. The molecule has 0 bridgehead atoms. The van der Waals surface area contributed by atoms with Gasteiger partial charge in [-0.1, -0.05) is 37.6 Å². The summed E-state index contributed by atoms with van der Waals surface area (Å²) in [6, 6.07) is 11.2. The summed E-state index contributed by atoms with van der Waals surface area (Å²) in [7, 11) is 0. The maximum Gasteiger partial charge on any atom is 0.271 e. The van der Waals surface area contributed by atoms with Gasteiger partial charge in [-0.2, -0.15) is 5.10 Å². The van der Waals surface area contributed by atoms with E-state index >= 15 is 0 Å². The Balaban J connectivity index is 1.53. The first-order valence-corrected chi connectivity index (χ1v) is 10.8. The molecule has 1 aliphatic heterocycles. The topological polar surface area (TPSA) is 76.5 Å². The first-order valence-electron chi connectivity index (χ1n) is 10.8. The van der Waals surface area contributed by atoms with E-state index < -0.39 is 0 Å². The zero-order chi connectivity index (χ0) is 21.5. The molecule has 162 valence electrons. The van der Waals surface area contributed by atoms with Crippen LogP contribution in [0, 0.1) is 0 Å². The Morgan fingerprint density at radius 1 is 1.10 bits per heavy atom. The Hall–Kier alpha value is -2.51. The van der Waals surface area contributed by atoms with Crippen LogP contribution in [0.4, 0.5) is 0 Å². The van der Waals surface area contributed by atoms with Gasteiger partial charge in [-0.25, -0.2) is 4.68 Å². The Morgan fingerprint density at radius 3 is 2.43 bits per heavy atom. The third-order valence-electron chi connectivity index (χ3n) is 5.20. The molecular weight excluding hydrogens is 380 g/mol. The number of carbonyl (C=O) groups is 1. The first-order chi connectivity index (χ1) is 14.4. The van der Waals surface area contributed by atoms with E-state index in [0.717, 1.165) is 38.0 Å². The molecule has 2 heterocycles. The van der Waals surface area contributed by atoms with Gasteiger partial charge < -0.3 is 10.1 Å². The second-order valence-corrected chi connectivity index (χ2v) is 8.08. The molecule has 2 aromatic rings. The third kappa shape index (κ3) is 6.24. The molecule has 1 amide bonds. The van der Waals surface area contributed by atoms with Gasteiger partial charge in [0.1, 0.15) is 5.69 Å². The third-order valence-corrected chi connectivity index (χ3v) is 5.20. The summed E-state index contributed by atoms with van der Waals surface area (Å²) < 4.78 is 7.15. The lowest BCUT2D eigenvalue weighted by Crippen LogP contribution is -2.44. The van der Waals surface area contributed by atoms with Crippen molar-refractivity contribution in [1.29, 1.82) is 0 Å². The number of rotatable bonds is 8. The zero-order valence-corrected chi connectivity index (χ0v) is 18.1. The van der Waals surface area contributed by atoms with Crippen LogP contribution in [0.1, 0.15) is 55.2 Å². The molecule has 1 aliphatic rings. The molecular formula is C23H32N4O3. The molecule has 3 rings (SSSR count). The smallest absolute Gasteiger partial charge is 0.271 e. The number of aryl methyl sites for hydroxylation is 1. The Bertz CT molecular complexity index is 884. The number of nitrogens with one attached hydrogen (secondary N) is 1. The number of nitrogens with zero attached hydrogens (tertiary/aromatic N) is 3. The number of amides is 1. The van der Waals surface area contributed by atoms with Crippen molar-refractivity contribution in [1.82, 2.24) is 20.0 Å². The van der Waals surface area contributed by atoms with Crippen LogP contribution in [0.15, 0.2) is 41.2 Å². The highest BCUT2D eigenvalue weighted by molar-refractivity contribution is 5.91. The molecule has 1 fully saturated rings. The van der Waals surface area contributed by atoms with E-state index in [9.17, 15) is 9.59 Å². The number of ether oxygens (including phenoxy) is 1. The fourth-order valence-corrected chi connectivity index (χ4v) is 3.75. The summed E-state index contributed by atoms with van der Waals surface area (Å²) >= 11 is 0. The minimum absolute atomic E-state index is 0.181. The largest absolute Gasteiger partial charge is 0.373 e.